The van der Waals surface area contributed by atoms with E-state index in [1.807, 2.05) is 17.5 Å². The molecule has 116 valence electrons. The number of nitrogens with zero attached hydrogens (tertiary/aromatic N) is 4. The lowest BCUT2D eigenvalue weighted by atomic mass is 10.2. The fourth-order valence-corrected chi connectivity index (χ4v) is 2.56. The summed E-state index contributed by atoms with van der Waals surface area (Å²) in [6.07, 6.45) is 1.69. The molecule has 0 fully saturated rings. The Labute approximate surface area is 135 Å². The second kappa shape index (κ2) is 6.79. The molecule has 9 heteroatoms. The van der Waals surface area contributed by atoms with Gasteiger partial charge in [-0.3, -0.25) is 20.4 Å². The number of nitrogens with one attached hydrogen (secondary N) is 2. The number of carbonyl (C=O) groups is 2. The van der Waals surface area contributed by atoms with E-state index in [1.54, 1.807) is 24.3 Å². The first kappa shape index (κ1) is 14.9. The number of aromatic nitrogens is 4. The van der Waals surface area contributed by atoms with Gasteiger partial charge in [-0.2, -0.15) is 0 Å². The molecule has 2 N–H and O–H groups in total. The van der Waals surface area contributed by atoms with Crippen molar-refractivity contribution < 1.29 is 9.59 Å². The average molecular weight is 328 g/mol. The van der Waals surface area contributed by atoms with Crippen LogP contribution in [0.2, 0.25) is 0 Å². The molecule has 23 heavy (non-hydrogen) atoms. The van der Waals surface area contributed by atoms with Crippen LogP contribution >= 0.6 is 11.3 Å². The third kappa shape index (κ3) is 3.77. The summed E-state index contributed by atoms with van der Waals surface area (Å²) in [6, 6.07) is 10.4. The molecule has 3 aromatic rings. The van der Waals surface area contributed by atoms with E-state index in [4.69, 9.17) is 0 Å². The molecule has 1 aromatic carbocycles. The van der Waals surface area contributed by atoms with Gasteiger partial charge in [0, 0.05) is 10.4 Å². The summed E-state index contributed by atoms with van der Waals surface area (Å²) in [5.41, 5.74) is 5.92. The van der Waals surface area contributed by atoms with Crippen molar-refractivity contribution in [2.24, 2.45) is 0 Å². The SMILES string of the molecule is O=C(Cc1cccs1)NNC(=O)c1ccc(-n2cnnn2)cc1. The highest BCUT2D eigenvalue weighted by Gasteiger charge is 2.09. The van der Waals surface area contributed by atoms with Gasteiger partial charge in [0.15, 0.2) is 0 Å². The first-order valence-corrected chi connectivity index (χ1v) is 7.55. The Bertz CT molecular complexity index is 783. The van der Waals surface area contributed by atoms with Crippen LogP contribution in [-0.4, -0.2) is 32.0 Å². The minimum absolute atomic E-state index is 0.232. The zero-order valence-electron chi connectivity index (χ0n) is 11.8. The molecule has 0 atom stereocenters. The van der Waals surface area contributed by atoms with E-state index in [1.165, 1.54) is 22.3 Å². The van der Waals surface area contributed by atoms with Crippen LogP contribution in [0.25, 0.3) is 5.69 Å². The molecule has 0 aliphatic rings. The number of amides is 2. The van der Waals surface area contributed by atoms with Crippen molar-refractivity contribution in [3.8, 4) is 5.69 Å². The number of carbonyl (C=O) groups excluding carboxylic acids is 2. The van der Waals surface area contributed by atoms with Gasteiger partial charge in [0.25, 0.3) is 5.91 Å². The van der Waals surface area contributed by atoms with Crippen molar-refractivity contribution in [3.63, 3.8) is 0 Å². The minimum atomic E-state index is -0.396. The van der Waals surface area contributed by atoms with Gasteiger partial charge >= 0.3 is 0 Å². The number of hydrazine groups is 1. The van der Waals surface area contributed by atoms with Crippen molar-refractivity contribution >= 4 is 23.2 Å². The first-order chi connectivity index (χ1) is 11.2. The molecule has 0 unspecified atom stereocenters. The minimum Gasteiger partial charge on any atom is -0.273 e. The summed E-state index contributed by atoms with van der Waals surface area (Å²) in [7, 11) is 0. The summed E-state index contributed by atoms with van der Waals surface area (Å²) in [4.78, 5) is 24.6. The number of hydrogen-bond acceptors (Lipinski definition) is 6. The number of hydrogen-bond donors (Lipinski definition) is 2. The summed E-state index contributed by atoms with van der Waals surface area (Å²) in [6.45, 7) is 0. The molecule has 0 saturated heterocycles. The van der Waals surface area contributed by atoms with E-state index < -0.39 is 5.91 Å². The summed E-state index contributed by atoms with van der Waals surface area (Å²) in [5.74, 6) is -0.668. The fourth-order valence-electron chi connectivity index (χ4n) is 1.86. The second-order valence-electron chi connectivity index (χ2n) is 4.56. The standard InChI is InChI=1S/C14H12N6O2S/c21-13(8-12-2-1-7-23-12)16-17-14(22)10-3-5-11(6-4-10)20-9-15-18-19-20/h1-7,9H,8H2,(H,16,21)(H,17,22). The topological polar surface area (TPSA) is 102 Å². The molecule has 8 nitrogen and oxygen atoms in total. The van der Waals surface area contributed by atoms with Crippen LogP contribution in [0.1, 0.15) is 15.2 Å². The van der Waals surface area contributed by atoms with Crippen molar-refractivity contribution in [1.82, 2.24) is 31.1 Å². The molecule has 2 amide bonds. The van der Waals surface area contributed by atoms with E-state index in [-0.39, 0.29) is 12.3 Å². The quantitative estimate of drug-likeness (QED) is 0.687. The van der Waals surface area contributed by atoms with Gasteiger partial charge in [-0.1, -0.05) is 6.07 Å². The van der Waals surface area contributed by atoms with Gasteiger partial charge in [-0.05, 0) is 46.1 Å². The highest BCUT2D eigenvalue weighted by Crippen LogP contribution is 2.09. The molecular formula is C14H12N6O2S. The Morgan fingerprint density at radius 3 is 2.61 bits per heavy atom. The number of thiophene rings is 1. The van der Waals surface area contributed by atoms with Gasteiger partial charge in [0.05, 0.1) is 12.1 Å². The largest absolute Gasteiger partial charge is 0.273 e. The molecule has 0 aliphatic carbocycles. The summed E-state index contributed by atoms with van der Waals surface area (Å²) < 4.78 is 1.48. The maximum absolute atomic E-state index is 12.0. The highest BCUT2D eigenvalue weighted by molar-refractivity contribution is 7.10. The lowest BCUT2D eigenvalue weighted by molar-refractivity contribution is -0.121. The summed E-state index contributed by atoms with van der Waals surface area (Å²) >= 11 is 1.49. The number of tetrazole rings is 1. The monoisotopic (exact) mass is 328 g/mol. The van der Waals surface area contributed by atoms with E-state index in [0.29, 0.717) is 5.56 Å². The maximum Gasteiger partial charge on any atom is 0.269 e. The lowest BCUT2D eigenvalue weighted by Crippen LogP contribution is -2.42. The van der Waals surface area contributed by atoms with Gasteiger partial charge in [-0.15, -0.1) is 16.4 Å². The van der Waals surface area contributed by atoms with E-state index >= 15 is 0 Å². The molecule has 0 radical (unpaired) electrons. The zero-order chi connectivity index (χ0) is 16.1. The fraction of sp³-hybridized carbons (Fsp3) is 0.0714. The molecule has 0 spiro atoms. The van der Waals surface area contributed by atoms with Crippen molar-refractivity contribution in [2.45, 2.75) is 6.42 Å². The molecule has 0 saturated carbocycles. The second-order valence-corrected chi connectivity index (χ2v) is 5.59. The predicted octanol–water partition coefficient (Wildman–Crippen LogP) is 0.727. The maximum atomic E-state index is 12.0. The lowest BCUT2D eigenvalue weighted by Gasteiger charge is -2.07. The smallest absolute Gasteiger partial charge is 0.269 e. The Kier molecular flexibility index (Phi) is 4.39. The van der Waals surface area contributed by atoms with Crippen LogP contribution in [-0.2, 0) is 11.2 Å². The Morgan fingerprint density at radius 1 is 1.13 bits per heavy atom. The van der Waals surface area contributed by atoms with Gasteiger partial charge in [-0.25, -0.2) is 4.68 Å². The molecule has 2 heterocycles. The molecule has 3 rings (SSSR count). The Hall–Kier alpha value is -3.07. The summed E-state index contributed by atoms with van der Waals surface area (Å²) in [5, 5.41) is 12.7. The molecule has 0 aliphatic heterocycles. The Morgan fingerprint density at radius 2 is 1.96 bits per heavy atom. The van der Waals surface area contributed by atoms with Crippen LogP contribution < -0.4 is 10.9 Å². The Balaban J connectivity index is 1.55. The predicted molar refractivity (Wildman–Crippen MR) is 82.8 cm³/mol. The van der Waals surface area contributed by atoms with Crippen molar-refractivity contribution in [2.75, 3.05) is 0 Å². The first-order valence-electron chi connectivity index (χ1n) is 6.67. The van der Waals surface area contributed by atoms with Crippen LogP contribution in [0.4, 0.5) is 0 Å². The molecule has 2 aromatic heterocycles. The highest BCUT2D eigenvalue weighted by atomic mass is 32.1. The van der Waals surface area contributed by atoms with E-state index in [2.05, 4.69) is 26.4 Å². The normalized spacial score (nSPS) is 10.3. The third-order valence-corrected chi connectivity index (χ3v) is 3.85. The van der Waals surface area contributed by atoms with Gasteiger partial charge in [0.1, 0.15) is 6.33 Å². The van der Waals surface area contributed by atoms with E-state index in [9.17, 15) is 9.59 Å². The van der Waals surface area contributed by atoms with E-state index in [0.717, 1.165) is 10.6 Å². The zero-order valence-corrected chi connectivity index (χ0v) is 12.7. The molecular weight excluding hydrogens is 316 g/mol. The van der Waals surface area contributed by atoms with Crippen molar-refractivity contribution in [1.29, 1.82) is 0 Å². The van der Waals surface area contributed by atoms with Crippen LogP contribution in [0.15, 0.2) is 48.1 Å². The van der Waals surface area contributed by atoms with Crippen LogP contribution in [0.5, 0.6) is 0 Å². The van der Waals surface area contributed by atoms with Gasteiger partial charge < -0.3 is 0 Å². The number of rotatable bonds is 4. The van der Waals surface area contributed by atoms with Gasteiger partial charge in [0.2, 0.25) is 5.91 Å². The van der Waals surface area contributed by atoms with Crippen LogP contribution in [0.3, 0.4) is 0 Å². The third-order valence-electron chi connectivity index (χ3n) is 2.97. The molecule has 0 bridgehead atoms. The van der Waals surface area contributed by atoms with Crippen LogP contribution in [0, 0.1) is 0 Å². The van der Waals surface area contributed by atoms with Crippen molar-refractivity contribution in [3.05, 3.63) is 58.5 Å². The average Bonchev–Trinajstić information content (AvgIpc) is 3.26. The number of benzene rings is 1.